The summed E-state index contributed by atoms with van der Waals surface area (Å²) in [6.07, 6.45) is 8.87. The van der Waals surface area contributed by atoms with Crippen molar-refractivity contribution in [2.24, 2.45) is 0 Å². The van der Waals surface area contributed by atoms with Gasteiger partial charge in [-0.2, -0.15) is 4.98 Å². The van der Waals surface area contributed by atoms with E-state index in [-0.39, 0.29) is 18.4 Å². The zero-order valence-electron chi connectivity index (χ0n) is 18.6. The molecule has 8 nitrogen and oxygen atoms in total. The average Bonchev–Trinajstić information content (AvgIpc) is 2.98. The summed E-state index contributed by atoms with van der Waals surface area (Å²) in [6.45, 7) is 0.125. The standard InChI is InChI=1S/C25H23ClN6O2/c1-3-13-27-24(34)18-8-4-5-9-20(18)30-23-19(26)15-28-25(31-23)29-17-11-12-21-16(14-17)7-6-10-22(33)32(21)2/h1,4-5,8-9,11-12,14-15H,6-7,10,13H2,2H3,(H,27,34)(H2,28,29,30,31). The topological polar surface area (TPSA) is 99.2 Å². The SMILES string of the molecule is C#CCNC(=O)c1ccccc1Nc1nc(Nc2ccc3c(c2)CCCC(=O)N3C)ncc1Cl. The van der Waals surface area contributed by atoms with E-state index in [4.69, 9.17) is 18.0 Å². The molecule has 1 aliphatic rings. The predicted octanol–water partition coefficient (Wildman–Crippen LogP) is 4.28. The first-order valence-electron chi connectivity index (χ1n) is 10.7. The predicted molar refractivity (Wildman–Crippen MR) is 134 cm³/mol. The van der Waals surface area contributed by atoms with E-state index in [0.717, 1.165) is 29.8 Å². The lowest BCUT2D eigenvalue weighted by Gasteiger charge is -2.18. The van der Waals surface area contributed by atoms with E-state index in [1.54, 1.807) is 36.2 Å². The second-order valence-corrected chi connectivity index (χ2v) is 8.13. The number of halogens is 1. The fourth-order valence-corrected chi connectivity index (χ4v) is 3.85. The Bertz CT molecular complexity index is 1290. The minimum atomic E-state index is -0.307. The van der Waals surface area contributed by atoms with Gasteiger partial charge in [0, 0.05) is 24.8 Å². The van der Waals surface area contributed by atoms with E-state index >= 15 is 0 Å². The molecule has 34 heavy (non-hydrogen) atoms. The first-order valence-corrected chi connectivity index (χ1v) is 11.1. The Balaban J connectivity index is 1.56. The number of fused-ring (bicyclic) bond motifs is 1. The van der Waals surface area contributed by atoms with Gasteiger partial charge in [-0.15, -0.1) is 6.42 Å². The first-order chi connectivity index (χ1) is 16.5. The highest BCUT2D eigenvalue weighted by molar-refractivity contribution is 6.33. The highest BCUT2D eigenvalue weighted by atomic mass is 35.5. The fourth-order valence-electron chi connectivity index (χ4n) is 3.71. The number of carbonyl (C=O) groups is 2. The van der Waals surface area contributed by atoms with Crippen LogP contribution in [0.25, 0.3) is 0 Å². The van der Waals surface area contributed by atoms with Crippen LogP contribution in [0.15, 0.2) is 48.7 Å². The summed E-state index contributed by atoms with van der Waals surface area (Å²) >= 11 is 6.33. The van der Waals surface area contributed by atoms with Crippen LogP contribution in [0.1, 0.15) is 28.8 Å². The normalized spacial score (nSPS) is 12.9. The molecule has 2 heterocycles. The monoisotopic (exact) mass is 474 g/mol. The molecule has 0 bridgehead atoms. The summed E-state index contributed by atoms with van der Waals surface area (Å²) < 4.78 is 0. The zero-order valence-corrected chi connectivity index (χ0v) is 19.3. The third-order valence-corrected chi connectivity index (χ3v) is 5.70. The number of aryl methyl sites for hydroxylation is 1. The third-order valence-electron chi connectivity index (χ3n) is 5.43. The molecule has 0 spiro atoms. The van der Waals surface area contributed by atoms with Gasteiger partial charge < -0.3 is 20.9 Å². The highest BCUT2D eigenvalue weighted by Gasteiger charge is 2.19. The molecule has 0 saturated carbocycles. The Morgan fingerprint density at radius 2 is 2.03 bits per heavy atom. The van der Waals surface area contributed by atoms with Crippen LogP contribution in [0.2, 0.25) is 5.02 Å². The lowest BCUT2D eigenvalue weighted by molar-refractivity contribution is -0.118. The van der Waals surface area contributed by atoms with E-state index in [9.17, 15) is 9.59 Å². The molecular weight excluding hydrogens is 452 g/mol. The molecule has 3 N–H and O–H groups in total. The lowest BCUT2D eigenvalue weighted by Crippen LogP contribution is -2.24. The second kappa shape index (κ2) is 10.2. The number of nitrogens with one attached hydrogen (secondary N) is 3. The lowest BCUT2D eigenvalue weighted by atomic mass is 10.1. The van der Waals surface area contributed by atoms with Gasteiger partial charge in [-0.1, -0.05) is 29.7 Å². The van der Waals surface area contributed by atoms with Crippen molar-refractivity contribution < 1.29 is 9.59 Å². The molecule has 2 amide bonds. The molecule has 0 fully saturated rings. The van der Waals surface area contributed by atoms with Gasteiger partial charge in [-0.05, 0) is 48.7 Å². The number of rotatable bonds is 6. The van der Waals surface area contributed by atoms with Gasteiger partial charge in [0.15, 0.2) is 5.82 Å². The van der Waals surface area contributed by atoms with Crippen molar-refractivity contribution in [3.63, 3.8) is 0 Å². The zero-order chi connectivity index (χ0) is 24.1. The number of hydrogen-bond donors (Lipinski definition) is 3. The Hall–Kier alpha value is -4.09. The van der Waals surface area contributed by atoms with E-state index in [0.29, 0.717) is 34.5 Å². The number of aromatic nitrogens is 2. The summed E-state index contributed by atoms with van der Waals surface area (Å²) in [5.41, 5.74) is 3.72. The third kappa shape index (κ3) is 5.11. The Labute approximate surface area is 202 Å². The molecule has 4 rings (SSSR count). The number of anilines is 5. The summed E-state index contributed by atoms with van der Waals surface area (Å²) in [4.78, 5) is 35.0. The molecule has 9 heteroatoms. The molecule has 0 unspecified atom stereocenters. The Morgan fingerprint density at radius 3 is 2.85 bits per heavy atom. The van der Waals surface area contributed by atoms with Gasteiger partial charge in [0.2, 0.25) is 11.9 Å². The molecule has 0 atom stereocenters. The number of nitrogens with zero attached hydrogens (tertiary/aromatic N) is 3. The number of hydrogen-bond acceptors (Lipinski definition) is 6. The Morgan fingerprint density at radius 1 is 1.21 bits per heavy atom. The second-order valence-electron chi connectivity index (χ2n) is 7.72. The van der Waals surface area contributed by atoms with Gasteiger partial charge in [0.05, 0.1) is 24.0 Å². The summed E-state index contributed by atoms with van der Waals surface area (Å²) in [5.74, 6) is 2.87. The van der Waals surface area contributed by atoms with E-state index in [1.165, 1.54) is 6.20 Å². The van der Waals surface area contributed by atoms with Crippen molar-refractivity contribution in [1.29, 1.82) is 0 Å². The minimum absolute atomic E-state index is 0.115. The summed E-state index contributed by atoms with van der Waals surface area (Å²) in [6, 6.07) is 12.8. The van der Waals surface area contributed by atoms with Crippen LogP contribution >= 0.6 is 11.6 Å². The van der Waals surface area contributed by atoms with Gasteiger partial charge >= 0.3 is 0 Å². The largest absolute Gasteiger partial charge is 0.341 e. The van der Waals surface area contributed by atoms with Crippen molar-refractivity contribution in [1.82, 2.24) is 15.3 Å². The molecule has 0 aliphatic carbocycles. The first kappa shape index (κ1) is 23.1. The summed E-state index contributed by atoms with van der Waals surface area (Å²) in [5, 5.41) is 9.26. The molecule has 1 aromatic heterocycles. The molecule has 172 valence electrons. The van der Waals surface area contributed by atoms with Crippen molar-refractivity contribution in [2.45, 2.75) is 19.3 Å². The summed E-state index contributed by atoms with van der Waals surface area (Å²) in [7, 11) is 1.80. The smallest absolute Gasteiger partial charge is 0.254 e. The molecule has 1 aliphatic heterocycles. The fraction of sp³-hybridized carbons (Fsp3) is 0.200. The van der Waals surface area contributed by atoms with E-state index < -0.39 is 0 Å². The van der Waals surface area contributed by atoms with Crippen LogP contribution in [-0.2, 0) is 11.2 Å². The maximum atomic E-state index is 12.4. The van der Waals surface area contributed by atoms with E-state index in [1.807, 2.05) is 18.2 Å². The van der Waals surface area contributed by atoms with Crippen LogP contribution in [0.3, 0.4) is 0 Å². The van der Waals surface area contributed by atoms with Crippen LogP contribution in [0, 0.1) is 12.3 Å². The van der Waals surface area contributed by atoms with Crippen molar-refractivity contribution in [3.8, 4) is 12.3 Å². The molecule has 0 saturated heterocycles. The molecular formula is C25H23ClN6O2. The van der Waals surface area contributed by atoms with Gasteiger partial charge in [0.25, 0.3) is 5.91 Å². The number of amides is 2. The maximum absolute atomic E-state index is 12.4. The number of carbonyl (C=O) groups excluding carboxylic acids is 2. The number of para-hydroxylation sites is 1. The quantitative estimate of drug-likeness (QED) is 0.461. The van der Waals surface area contributed by atoms with Crippen LogP contribution in [-0.4, -0.2) is 35.4 Å². The number of benzene rings is 2. The van der Waals surface area contributed by atoms with Crippen LogP contribution in [0.5, 0.6) is 0 Å². The van der Waals surface area contributed by atoms with Gasteiger partial charge in [0.1, 0.15) is 5.02 Å². The molecule has 2 aromatic carbocycles. The van der Waals surface area contributed by atoms with Gasteiger partial charge in [-0.3, -0.25) is 9.59 Å². The van der Waals surface area contributed by atoms with Crippen molar-refractivity contribution >= 4 is 52.2 Å². The molecule has 0 radical (unpaired) electrons. The maximum Gasteiger partial charge on any atom is 0.254 e. The number of terminal acetylenes is 1. The van der Waals surface area contributed by atoms with E-state index in [2.05, 4.69) is 31.8 Å². The van der Waals surface area contributed by atoms with Gasteiger partial charge in [-0.25, -0.2) is 4.98 Å². The minimum Gasteiger partial charge on any atom is -0.341 e. The average molecular weight is 475 g/mol. The van der Waals surface area contributed by atoms with Crippen molar-refractivity contribution in [2.75, 3.05) is 29.1 Å². The van der Waals surface area contributed by atoms with Crippen LogP contribution in [0.4, 0.5) is 28.8 Å². The molecule has 3 aromatic rings. The van der Waals surface area contributed by atoms with Crippen LogP contribution < -0.4 is 20.9 Å². The Kier molecular flexibility index (Phi) is 6.95. The highest BCUT2D eigenvalue weighted by Crippen LogP contribution is 2.31. The van der Waals surface area contributed by atoms with Crippen molar-refractivity contribution in [3.05, 3.63) is 64.8 Å².